The van der Waals surface area contributed by atoms with Gasteiger partial charge < -0.3 is 19.7 Å². The van der Waals surface area contributed by atoms with Crippen molar-refractivity contribution in [3.05, 3.63) is 66.7 Å². The van der Waals surface area contributed by atoms with Gasteiger partial charge in [0.1, 0.15) is 5.75 Å². The van der Waals surface area contributed by atoms with Gasteiger partial charge in [-0.2, -0.15) is 0 Å². The summed E-state index contributed by atoms with van der Waals surface area (Å²) in [7, 11) is 1.58. The second kappa shape index (κ2) is 8.87. The Morgan fingerprint density at radius 3 is 2.70 bits per heavy atom. The van der Waals surface area contributed by atoms with E-state index in [4.69, 9.17) is 9.26 Å². The van der Waals surface area contributed by atoms with Crippen molar-refractivity contribution in [1.29, 1.82) is 0 Å². The molecule has 0 bridgehead atoms. The molecule has 0 aliphatic carbocycles. The lowest BCUT2D eigenvalue weighted by atomic mass is 10.1. The van der Waals surface area contributed by atoms with Crippen LogP contribution in [-0.2, 0) is 4.79 Å². The molecule has 1 amide bonds. The molecule has 1 heterocycles. The molecule has 0 aliphatic heterocycles. The highest BCUT2D eigenvalue weighted by molar-refractivity contribution is 7.99. The van der Waals surface area contributed by atoms with E-state index in [2.05, 4.69) is 10.6 Å². The Bertz CT molecular complexity index is 1170. The number of hydrogen-bond donors (Lipinski definition) is 1. The molecule has 7 nitrogen and oxygen atoms in total. The van der Waals surface area contributed by atoms with Gasteiger partial charge in [0.05, 0.1) is 12.4 Å². The van der Waals surface area contributed by atoms with Crippen LogP contribution in [0.4, 0.5) is 5.69 Å². The van der Waals surface area contributed by atoms with Crippen molar-refractivity contribution in [2.45, 2.75) is 11.4 Å². The fourth-order valence-electron chi connectivity index (χ4n) is 3.04. The molecule has 0 atom stereocenters. The summed E-state index contributed by atoms with van der Waals surface area (Å²) in [6, 6.07) is 20.7. The van der Waals surface area contributed by atoms with Crippen LogP contribution in [0.3, 0.4) is 0 Å². The van der Waals surface area contributed by atoms with Crippen molar-refractivity contribution in [1.82, 2.24) is 5.27 Å². The minimum atomic E-state index is -0.537. The number of rotatable bonds is 7. The molecule has 30 heavy (non-hydrogen) atoms. The second-order valence-corrected chi connectivity index (χ2v) is 7.53. The summed E-state index contributed by atoms with van der Waals surface area (Å²) < 4.78 is 11.4. The third-order valence-corrected chi connectivity index (χ3v) is 5.54. The van der Waals surface area contributed by atoms with Crippen LogP contribution in [0.25, 0.3) is 16.5 Å². The van der Waals surface area contributed by atoms with Crippen molar-refractivity contribution < 1.29 is 23.8 Å². The Labute approximate surface area is 177 Å². The minimum absolute atomic E-state index is 0.126. The van der Waals surface area contributed by atoms with E-state index in [1.54, 1.807) is 31.4 Å². The standard InChI is InChI=1S/C22H19N3O4S/c1-28-17-11-9-16(10-12-17)25-21(22(27)29-24-25)30-14-13-20(26)23-19-8-4-6-15-5-2-3-7-18(15)19/h2-12H,13-14H2,1H3,(H-,23,24,26,27). The van der Waals surface area contributed by atoms with Gasteiger partial charge in [0.2, 0.25) is 11.6 Å². The quantitative estimate of drug-likeness (QED) is 0.364. The molecule has 4 aromatic rings. The monoisotopic (exact) mass is 421 g/mol. The number of ether oxygens (including phenoxy) is 1. The number of benzene rings is 3. The molecule has 0 fully saturated rings. The molecule has 4 rings (SSSR count). The topological polar surface area (TPSA) is 91.3 Å². The first kappa shape index (κ1) is 19.8. The van der Waals surface area contributed by atoms with Crippen LogP contribution in [0.1, 0.15) is 6.42 Å². The van der Waals surface area contributed by atoms with Crippen LogP contribution in [0.15, 0.2) is 76.3 Å². The van der Waals surface area contributed by atoms with Crippen LogP contribution >= 0.6 is 11.8 Å². The summed E-state index contributed by atoms with van der Waals surface area (Å²) in [5.41, 5.74) is 1.44. The molecule has 0 saturated heterocycles. The first-order valence-corrected chi connectivity index (χ1v) is 10.3. The Balaban J connectivity index is 1.40. The maximum absolute atomic E-state index is 12.4. The number of amides is 1. The maximum Gasteiger partial charge on any atom is 0.297 e. The lowest BCUT2D eigenvalue weighted by Gasteiger charge is -2.08. The molecule has 1 aromatic heterocycles. The summed E-state index contributed by atoms with van der Waals surface area (Å²) in [4.78, 5) is 12.4. The summed E-state index contributed by atoms with van der Waals surface area (Å²) >= 11 is 1.23. The predicted molar refractivity (Wildman–Crippen MR) is 112 cm³/mol. The molecule has 8 heteroatoms. The molecular formula is C22H19N3O4S. The summed E-state index contributed by atoms with van der Waals surface area (Å²) in [5, 5.41) is 21.2. The third-order valence-electron chi connectivity index (χ3n) is 4.52. The lowest BCUT2D eigenvalue weighted by Crippen LogP contribution is -2.34. The SMILES string of the molecule is COc1ccc(-[n+]2noc([O-])c2SCCC(=O)Nc2cccc3ccccc23)cc1. The highest BCUT2D eigenvalue weighted by Crippen LogP contribution is 2.26. The van der Waals surface area contributed by atoms with E-state index in [0.29, 0.717) is 22.2 Å². The molecule has 3 aromatic carbocycles. The molecule has 1 N–H and O–H groups in total. The Morgan fingerprint density at radius 2 is 1.90 bits per heavy atom. The van der Waals surface area contributed by atoms with E-state index in [9.17, 15) is 9.90 Å². The van der Waals surface area contributed by atoms with E-state index in [1.165, 1.54) is 16.4 Å². The Kier molecular flexibility index (Phi) is 5.85. The number of carbonyl (C=O) groups excluding carboxylic acids is 1. The molecule has 0 aliphatic rings. The summed E-state index contributed by atoms with van der Waals surface area (Å²) in [6.45, 7) is 0. The molecule has 152 valence electrons. The van der Waals surface area contributed by atoms with Gasteiger partial charge in [0, 0.05) is 35.4 Å². The summed E-state index contributed by atoms with van der Waals surface area (Å²) in [5.74, 6) is 0.442. The van der Waals surface area contributed by atoms with E-state index in [1.807, 2.05) is 42.5 Å². The first-order valence-electron chi connectivity index (χ1n) is 9.29. The number of nitrogens with zero attached hydrogens (tertiary/aromatic N) is 2. The molecular weight excluding hydrogens is 402 g/mol. The maximum atomic E-state index is 12.4. The highest BCUT2D eigenvalue weighted by Gasteiger charge is 2.21. The molecule has 0 unspecified atom stereocenters. The van der Waals surface area contributed by atoms with Gasteiger partial charge in [-0.25, -0.2) is 0 Å². The van der Waals surface area contributed by atoms with E-state index >= 15 is 0 Å². The average molecular weight is 421 g/mol. The molecule has 0 saturated carbocycles. The number of aromatic nitrogens is 2. The molecule has 0 radical (unpaired) electrons. The van der Waals surface area contributed by atoms with Crippen LogP contribution in [-0.4, -0.2) is 24.0 Å². The smallest absolute Gasteiger partial charge is 0.297 e. The number of carbonyl (C=O) groups is 1. The van der Waals surface area contributed by atoms with E-state index in [-0.39, 0.29) is 12.3 Å². The van der Waals surface area contributed by atoms with Crippen molar-refractivity contribution in [2.24, 2.45) is 0 Å². The normalized spacial score (nSPS) is 10.8. The lowest BCUT2D eigenvalue weighted by molar-refractivity contribution is -0.705. The number of methoxy groups -OCH3 is 1. The third kappa shape index (κ3) is 4.23. The number of anilines is 1. The number of hydrogen-bond acceptors (Lipinski definition) is 6. The van der Waals surface area contributed by atoms with Gasteiger partial charge in [-0.1, -0.05) is 48.2 Å². The van der Waals surface area contributed by atoms with Crippen molar-refractivity contribution >= 4 is 34.1 Å². The zero-order valence-electron chi connectivity index (χ0n) is 16.2. The van der Waals surface area contributed by atoms with Gasteiger partial charge in [-0.05, 0) is 28.3 Å². The minimum Gasteiger partial charge on any atom is -0.538 e. The van der Waals surface area contributed by atoms with Crippen molar-refractivity contribution in [2.75, 3.05) is 18.2 Å². The van der Waals surface area contributed by atoms with Crippen LogP contribution in [0.2, 0.25) is 0 Å². The van der Waals surface area contributed by atoms with Crippen LogP contribution < -0.4 is 19.8 Å². The number of thioether (sulfide) groups is 1. The number of nitrogens with one attached hydrogen (secondary N) is 1. The van der Waals surface area contributed by atoms with Gasteiger partial charge in [0.25, 0.3) is 5.03 Å². The fourth-order valence-corrected chi connectivity index (χ4v) is 3.93. The number of fused-ring (bicyclic) bond motifs is 1. The predicted octanol–water partition coefficient (Wildman–Crippen LogP) is 3.31. The van der Waals surface area contributed by atoms with Gasteiger partial charge in [-0.3, -0.25) is 4.79 Å². The van der Waals surface area contributed by atoms with Gasteiger partial charge in [-0.15, -0.1) is 0 Å². The zero-order chi connectivity index (χ0) is 20.9. The largest absolute Gasteiger partial charge is 0.538 e. The van der Waals surface area contributed by atoms with Crippen LogP contribution in [0, 0.1) is 0 Å². The van der Waals surface area contributed by atoms with E-state index < -0.39 is 5.95 Å². The second-order valence-electron chi connectivity index (χ2n) is 6.45. The van der Waals surface area contributed by atoms with Crippen molar-refractivity contribution in [3.63, 3.8) is 0 Å². The highest BCUT2D eigenvalue weighted by atomic mass is 32.2. The van der Waals surface area contributed by atoms with Gasteiger partial charge >= 0.3 is 0 Å². The van der Waals surface area contributed by atoms with Crippen LogP contribution in [0.5, 0.6) is 11.7 Å². The average Bonchev–Trinajstić information content (AvgIpc) is 3.14. The van der Waals surface area contributed by atoms with E-state index in [0.717, 1.165) is 16.5 Å². The Hall–Kier alpha value is -3.52. The summed E-state index contributed by atoms with van der Waals surface area (Å²) in [6.07, 6.45) is 0.237. The van der Waals surface area contributed by atoms with Gasteiger partial charge in [0.15, 0.2) is 5.95 Å². The van der Waals surface area contributed by atoms with Crippen molar-refractivity contribution in [3.8, 4) is 17.4 Å². The molecule has 0 spiro atoms. The first-order chi connectivity index (χ1) is 14.7. The fraction of sp³-hybridized carbons (Fsp3) is 0.136. The Morgan fingerprint density at radius 1 is 1.13 bits per heavy atom. The zero-order valence-corrected chi connectivity index (χ0v) is 17.0.